The van der Waals surface area contributed by atoms with E-state index in [0.717, 1.165) is 0 Å². The molecule has 1 aromatic heterocycles. The highest BCUT2D eigenvalue weighted by Gasteiger charge is 2.47. The highest BCUT2D eigenvalue weighted by atomic mass is 16.2. The van der Waals surface area contributed by atoms with Crippen molar-refractivity contribution < 1.29 is 14.4 Å². The summed E-state index contributed by atoms with van der Waals surface area (Å²) in [6, 6.07) is 1.64. The predicted molar refractivity (Wildman–Crippen MR) is 98.7 cm³/mol. The normalized spacial score (nSPS) is 23.3. The molecule has 0 aliphatic carbocycles. The maximum absolute atomic E-state index is 13.0. The van der Waals surface area contributed by atoms with Crippen LogP contribution in [0.4, 0.5) is 0 Å². The number of hydrogen-bond acceptors (Lipinski definition) is 5. The molecule has 0 N–H and O–H groups in total. The van der Waals surface area contributed by atoms with Crippen LogP contribution in [0.2, 0.25) is 0 Å². The van der Waals surface area contributed by atoms with Gasteiger partial charge < -0.3 is 14.7 Å². The van der Waals surface area contributed by atoms with Crippen LogP contribution in [-0.2, 0) is 9.59 Å². The van der Waals surface area contributed by atoms with Gasteiger partial charge in [0, 0.05) is 57.0 Å². The molecule has 2 aliphatic heterocycles. The Morgan fingerprint density at radius 1 is 1.15 bits per heavy atom. The minimum atomic E-state index is -0.426. The van der Waals surface area contributed by atoms with Gasteiger partial charge in [0.05, 0.1) is 18.0 Å². The van der Waals surface area contributed by atoms with E-state index in [4.69, 9.17) is 0 Å². The fraction of sp³-hybridized carbons (Fsp3) is 0.632. The van der Waals surface area contributed by atoms with Crippen molar-refractivity contribution in [2.45, 2.75) is 27.2 Å². The lowest BCUT2D eigenvalue weighted by atomic mass is 9.85. The van der Waals surface area contributed by atoms with E-state index in [1.807, 2.05) is 30.6 Å². The van der Waals surface area contributed by atoms with Crippen LogP contribution < -0.4 is 0 Å². The van der Waals surface area contributed by atoms with Crippen LogP contribution in [0.5, 0.6) is 0 Å². The third-order valence-electron chi connectivity index (χ3n) is 5.40. The molecular weight excluding hydrogens is 346 g/mol. The predicted octanol–water partition coefficient (Wildman–Crippen LogP) is 0.656. The van der Waals surface area contributed by atoms with E-state index in [2.05, 4.69) is 10.2 Å². The van der Waals surface area contributed by atoms with Crippen LogP contribution in [0.25, 0.3) is 0 Å². The Hall–Kier alpha value is -2.51. The molecule has 27 heavy (non-hydrogen) atoms. The first-order chi connectivity index (χ1) is 12.8. The van der Waals surface area contributed by atoms with Gasteiger partial charge in [0.2, 0.25) is 11.8 Å². The van der Waals surface area contributed by atoms with Crippen molar-refractivity contribution in [1.29, 1.82) is 0 Å². The summed E-state index contributed by atoms with van der Waals surface area (Å²) >= 11 is 0. The first-order valence-corrected chi connectivity index (χ1v) is 9.48. The van der Waals surface area contributed by atoms with Gasteiger partial charge in [-0.05, 0) is 13.0 Å². The summed E-state index contributed by atoms with van der Waals surface area (Å²) in [7, 11) is 0. The third kappa shape index (κ3) is 3.94. The van der Waals surface area contributed by atoms with Gasteiger partial charge in [0.15, 0.2) is 0 Å². The first kappa shape index (κ1) is 19.3. The summed E-state index contributed by atoms with van der Waals surface area (Å²) in [5.41, 5.74) is 0.0463. The molecule has 3 heterocycles. The quantitative estimate of drug-likeness (QED) is 0.777. The first-order valence-electron chi connectivity index (χ1n) is 9.48. The van der Waals surface area contributed by atoms with Crippen LogP contribution in [0, 0.1) is 11.3 Å². The zero-order valence-electron chi connectivity index (χ0n) is 16.2. The minimum Gasteiger partial charge on any atom is -0.342 e. The number of nitrogens with zero attached hydrogens (tertiary/aromatic N) is 5. The number of carbonyl (C=O) groups is 3. The van der Waals surface area contributed by atoms with E-state index in [0.29, 0.717) is 51.3 Å². The zero-order chi connectivity index (χ0) is 19.6. The molecule has 2 fully saturated rings. The minimum absolute atomic E-state index is 0.0663. The Morgan fingerprint density at radius 2 is 1.85 bits per heavy atom. The number of carbonyl (C=O) groups excluding carboxylic acids is 3. The van der Waals surface area contributed by atoms with Gasteiger partial charge in [-0.3, -0.25) is 14.4 Å². The van der Waals surface area contributed by atoms with Crippen molar-refractivity contribution in [2.24, 2.45) is 11.3 Å². The Kier molecular flexibility index (Phi) is 5.43. The number of aromatic nitrogens is 2. The summed E-state index contributed by atoms with van der Waals surface area (Å²) in [5, 5.41) is 7.52. The SMILES string of the molecule is CCN1C[C@]2(CC1=O)CN(C(=O)c1ccnnc1)CCN(C(=O)C(C)C)C2. The fourth-order valence-electron chi connectivity index (χ4n) is 4.07. The molecular formula is C19H27N5O3. The average Bonchev–Trinajstić information content (AvgIpc) is 2.86. The molecule has 0 bridgehead atoms. The lowest BCUT2D eigenvalue weighted by Gasteiger charge is -2.34. The van der Waals surface area contributed by atoms with E-state index in [1.165, 1.54) is 12.4 Å². The van der Waals surface area contributed by atoms with E-state index < -0.39 is 5.41 Å². The van der Waals surface area contributed by atoms with Gasteiger partial charge in [-0.15, -0.1) is 0 Å². The molecule has 2 saturated heterocycles. The Bertz CT molecular complexity index is 723. The molecule has 0 saturated carbocycles. The number of hydrogen-bond donors (Lipinski definition) is 0. The molecule has 3 rings (SSSR count). The Morgan fingerprint density at radius 3 is 2.44 bits per heavy atom. The second kappa shape index (κ2) is 7.62. The summed E-state index contributed by atoms with van der Waals surface area (Å²) < 4.78 is 0. The van der Waals surface area contributed by atoms with Crippen LogP contribution in [0.3, 0.4) is 0 Å². The lowest BCUT2D eigenvalue weighted by Crippen LogP contribution is -2.46. The van der Waals surface area contributed by atoms with Crippen LogP contribution in [-0.4, -0.2) is 81.9 Å². The lowest BCUT2D eigenvalue weighted by molar-refractivity contribution is -0.135. The van der Waals surface area contributed by atoms with Gasteiger partial charge in [0.1, 0.15) is 0 Å². The number of rotatable bonds is 3. The summed E-state index contributed by atoms with van der Waals surface area (Å²) in [4.78, 5) is 43.5. The van der Waals surface area contributed by atoms with E-state index in [-0.39, 0.29) is 23.6 Å². The summed E-state index contributed by atoms with van der Waals surface area (Å²) in [5.74, 6) is -0.0930. The van der Waals surface area contributed by atoms with Crippen molar-refractivity contribution in [3.05, 3.63) is 24.0 Å². The molecule has 3 amide bonds. The molecule has 146 valence electrons. The third-order valence-corrected chi connectivity index (χ3v) is 5.40. The summed E-state index contributed by atoms with van der Waals surface area (Å²) in [6.07, 6.45) is 3.31. The van der Waals surface area contributed by atoms with Gasteiger partial charge in [0.25, 0.3) is 5.91 Å². The molecule has 2 aliphatic rings. The highest BCUT2D eigenvalue weighted by molar-refractivity contribution is 5.94. The second-order valence-corrected chi connectivity index (χ2v) is 7.86. The Balaban J connectivity index is 1.89. The van der Waals surface area contributed by atoms with Gasteiger partial charge in [-0.2, -0.15) is 10.2 Å². The van der Waals surface area contributed by atoms with E-state index in [1.54, 1.807) is 11.0 Å². The van der Waals surface area contributed by atoms with E-state index >= 15 is 0 Å². The number of amides is 3. The molecule has 0 radical (unpaired) electrons. The molecule has 1 spiro atoms. The maximum Gasteiger partial charge on any atom is 0.255 e. The topological polar surface area (TPSA) is 86.7 Å². The monoisotopic (exact) mass is 373 g/mol. The molecule has 8 heteroatoms. The molecule has 0 aromatic carbocycles. The van der Waals surface area contributed by atoms with Crippen LogP contribution in [0.1, 0.15) is 37.6 Å². The number of likely N-dealkylation sites (tertiary alicyclic amines) is 1. The molecule has 1 atom stereocenters. The Labute approximate surface area is 159 Å². The zero-order valence-corrected chi connectivity index (χ0v) is 16.2. The van der Waals surface area contributed by atoms with Crippen LogP contribution >= 0.6 is 0 Å². The van der Waals surface area contributed by atoms with Crippen molar-refractivity contribution in [3.63, 3.8) is 0 Å². The largest absolute Gasteiger partial charge is 0.342 e. The van der Waals surface area contributed by atoms with Crippen molar-refractivity contribution >= 4 is 17.7 Å². The van der Waals surface area contributed by atoms with Gasteiger partial charge in [-0.25, -0.2) is 0 Å². The average molecular weight is 373 g/mol. The highest BCUT2D eigenvalue weighted by Crippen LogP contribution is 2.35. The van der Waals surface area contributed by atoms with Gasteiger partial charge in [-0.1, -0.05) is 13.8 Å². The van der Waals surface area contributed by atoms with Crippen molar-refractivity contribution in [1.82, 2.24) is 24.9 Å². The van der Waals surface area contributed by atoms with Crippen molar-refractivity contribution in [2.75, 3.05) is 39.3 Å². The van der Waals surface area contributed by atoms with E-state index in [9.17, 15) is 14.4 Å². The fourth-order valence-corrected chi connectivity index (χ4v) is 4.07. The van der Waals surface area contributed by atoms with Crippen molar-refractivity contribution in [3.8, 4) is 0 Å². The van der Waals surface area contributed by atoms with Crippen LogP contribution in [0.15, 0.2) is 18.5 Å². The smallest absolute Gasteiger partial charge is 0.255 e. The standard InChI is InChI=1S/C19H27N5O3/c1-4-22-11-19(9-16(22)25)12-23(17(26)14(2)3)7-8-24(13-19)18(27)15-5-6-20-21-10-15/h5-6,10,14H,4,7-9,11-13H2,1-3H3/t19-/m0/s1. The maximum atomic E-state index is 13.0. The summed E-state index contributed by atoms with van der Waals surface area (Å²) in [6.45, 7) is 8.81. The molecule has 8 nitrogen and oxygen atoms in total. The molecule has 1 aromatic rings. The second-order valence-electron chi connectivity index (χ2n) is 7.86. The molecule has 0 unspecified atom stereocenters. The van der Waals surface area contributed by atoms with Gasteiger partial charge >= 0.3 is 0 Å².